The maximum Gasteiger partial charge on any atom is 0.338 e. The van der Waals surface area contributed by atoms with Crippen molar-refractivity contribution >= 4 is 46.1 Å². The van der Waals surface area contributed by atoms with Crippen molar-refractivity contribution in [3.63, 3.8) is 0 Å². The number of amides is 2. The molecule has 0 aromatic heterocycles. The number of esters is 1. The monoisotopic (exact) mass is 575 g/mol. The number of methoxy groups -OCH3 is 1. The van der Waals surface area contributed by atoms with E-state index in [9.17, 15) is 14.4 Å². The molecule has 10 heteroatoms. The predicted molar refractivity (Wildman–Crippen MR) is 160 cm³/mol. The molecule has 0 saturated carbocycles. The number of hydrogen-bond donors (Lipinski definition) is 1. The number of ether oxygens (including phenoxy) is 3. The number of carbonyl (C=O) groups excluding carboxylic acids is 3. The minimum atomic E-state index is -0.663. The first-order valence-corrected chi connectivity index (χ1v) is 14.3. The molecule has 0 spiro atoms. The molecule has 0 aliphatic carbocycles. The van der Waals surface area contributed by atoms with Crippen molar-refractivity contribution in [1.29, 1.82) is 0 Å². The van der Waals surface area contributed by atoms with Crippen LogP contribution in [0.15, 0.2) is 77.8 Å². The Balaban J connectivity index is 1.53. The van der Waals surface area contributed by atoms with E-state index < -0.39 is 11.2 Å². The van der Waals surface area contributed by atoms with Gasteiger partial charge in [-0.15, -0.1) is 0 Å². The molecule has 3 aromatic rings. The summed E-state index contributed by atoms with van der Waals surface area (Å²) >= 11 is 1.24. The second kappa shape index (κ2) is 14.4. The van der Waals surface area contributed by atoms with Gasteiger partial charge in [-0.25, -0.2) is 9.79 Å². The largest absolute Gasteiger partial charge is 0.497 e. The van der Waals surface area contributed by atoms with E-state index in [1.54, 1.807) is 67.5 Å². The molecule has 0 radical (unpaired) electrons. The summed E-state index contributed by atoms with van der Waals surface area (Å²) in [7, 11) is 1.61. The van der Waals surface area contributed by atoms with Gasteiger partial charge in [0.1, 0.15) is 16.7 Å². The number of nitrogens with zero attached hydrogens (tertiary/aromatic N) is 2. The van der Waals surface area contributed by atoms with Crippen LogP contribution in [0.4, 0.5) is 11.4 Å². The van der Waals surface area contributed by atoms with Gasteiger partial charge in [0.2, 0.25) is 11.8 Å². The Morgan fingerprint density at radius 1 is 0.951 bits per heavy atom. The van der Waals surface area contributed by atoms with Gasteiger partial charge in [0.05, 0.1) is 31.6 Å². The van der Waals surface area contributed by atoms with E-state index >= 15 is 0 Å². The van der Waals surface area contributed by atoms with Crippen molar-refractivity contribution in [3.8, 4) is 11.5 Å². The fourth-order valence-corrected chi connectivity index (χ4v) is 5.24. The third-order valence-electron chi connectivity index (χ3n) is 6.25. The third kappa shape index (κ3) is 8.11. The van der Waals surface area contributed by atoms with Gasteiger partial charge in [-0.3, -0.25) is 14.5 Å². The van der Waals surface area contributed by atoms with E-state index in [2.05, 4.69) is 5.32 Å². The first-order valence-electron chi connectivity index (χ1n) is 13.4. The second-order valence-corrected chi connectivity index (χ2v) is 10.2. The maximum absolute atomic E-state index is 13.4. The zero-order valence-electron chi connectivity index (χ0n) is 23.3. The molecular formula is C31H33N3O6S. The summed E-state index contributed by atoms with van der Waals surface area (Å²) in [5, 5.41) is 2.66. The fourth-order valence-electron chi connectivity index (χ4n) is 4.12. The highest BCUT2D eigenvalue weighted by molar-refractivity contribution is 8.15. The number of amidine groups is 1. The van der Waals surface area contributed by atoms with Gasteiger partial charge < -0.3 is 19.5 Å². The van der Waals surface area contributed by atoms with Crippen LogP contribution in [-0.2, 0) is 20.7 Å². The van der Waals surface area contributed by atoms with Crippen molar-refractivity contribution in [2.75, 3.05) is 32.2 Å². The van der Waals surface area contributed by atoms with Crippen molar-refractivity contribution in [3.05, 3.63) is 83.9 Å². The van der Waals surface area contributed by atoms with Crippen molar-refractivity contribution in [2.24, 2.45) is 4.99 Å². The quantitative estimate of drug-likeness (QED) is 0.302. The highest BCUT2D eigenvalue weighted by Crippen LogP contribution is 2.30. The molecule has 3 aromatic carbocycles. The molecular weight excluding hydrogens is 542 g/mol. The van der Waals surface area contributed by atoms with E-state index in [-0.39, 0.29) is 24.8 Å². The lowest BCUT2D eigenvalue weighted by atomic mass is 10.1. The summed E-state index contributed by atoms with van der Waals surface area (Å²) < 4.78 is 15.8. The minimum Gasteiger partial charge on any atom is -0.497 e. The summed E-state index contributed by atoms with van der Waals surface area (Å²) in [6.07, 6.45) is 0.636. The number of nitrogens with one attached hydrogen (secondary N) is 1. The summed E-state index contributed by atoms with van der Waals surface area (Å²) in [6, 6.07) is 21.4. The van der Waals surface area contributed by atoms with E-state index in [1.165, 1.54) is 11.8 Å². The van der Waals surface area contributed by atoms with E-state index in [4.69, 9.17) is 19.2 Å². The lowest BCUT2D eigenvalue weighted by Crippen LogP contribution is -2.46. The number of thioether (sulfide) groups is 1. The Hall–Kier alpha value is -4.31. The molecule has 1 aliphatic rings. The molecule has 1 atom stereocenters. The van der Waals surface area contributed by atoms with Gasteiger partial charge in [-0.2, -0.15) is 0 Å². The van der Waals surface area contributed by atoms with Crippen LogP contribution in [0.2, 0.25) is 0 Å². The number of aliphatic imine (C=N–C) groups is 1. The van der Waals surface area contributed by atoms with Crippen LogP contribution in [0.1, 0.15) is 36.2 Å². The van der Waals surface area contributed by atoms with Gasteiger partial charge >= 0.3 is 5.97 Å². The molecule has 0 bridgehead atoms. The first-order chi connectivity index (χ1) is 19.9. The van der Waals surface area contributed by atoms with Crippen LogP contribution in [-0.4, -0.2) is 60.0 Å². The Labute approximate surface area is 243 Å². The topological polar surface area (TPSA) is 107 Å². The van der Waals surface area contributed by atoms with Gasteiger partial charge in [0, 0.05) is 18.7 Å². The van der Waals surface area contributed by atoms with Gasteiger partial charge in [0.15, 0.2) is 5.17 Å². The fraction of sp³-hybridized carbons (Fsp3) is 0.290. The second-order valence-electron chi connectivity index (χ2n) is 9.06. The molecule has 1 fully saturated rings. The van der Waals surface area contributed by atoms with Crippen LogP contribution in [0, 0.1) is 0 Å². The Morgan fingerprint density at radius 3 is 2.27 bits per heavy atom. The zero-order valence-corrected chi connectivity index (χ0v) is 24.1. The predicted octanol–water partition coefficient (Wildman–Crippen LogP) is 5.47. The van der Waals surface area contributed by atoms with E-state index in [1.807, 2.05) is 31.2 Å². The molecule has 4 rings (SSSR count). The summed E-state index contributed by atoms with van der Waals surface area (Å²) in [6.45, 7) is 4.88. The van der Waals surface area contributed by atoms with Gasteiger partial charge in [-0.05, 0) is 86.5 Å². The minimum absolute atomic E-state index is 0.0386. The summed E-state index contributed by atoms with van der Waals surface area (Å²) in [5.74, 6) is 0.580. The van der Waals surface area contributed by atoms with Crippen LogP contribution >= 0.6 is 11.8 Å². The zero-order chi connectivity index (χ0) is 29.2. The van der Waals surface area contributed by atoms with Crippen molar-refractivity contribution in [2.45, 2.75) is 31.9 Å². The average Bonchev–Trinajstić information content (AvgIpc) is 2.98. The Bertz CT molecular complexity index is 1370. The number of carbonyl (C=O) groups is 3. The number of benzene rings is 3. The van der Waals surface area contributed by atoms with Crippen molar-refractivity contribution in [1.82, 2.24) is 4.90 Å². The van der Waals surface area contributed by atoms with Crippen LogP contribution in [0.3, 0.4) is 0 Å². The highest BCUT2D eigenvalue weighted by Gasteiger charge is 2.35. The molecule has 2 amide bonds. The number of rotatable bonds is 11. The smallest absolute Gasteiger partial charge is 0.338 e. The van der Waals surface area contributed by atoms with Gasteiger partial charge in [-0.1, -0.05) is 23.9 Å². The molecule has 1 saturated heterocycles. The molecule has 214 valence electrons. The SMILES string of the molecule is CCOC(=O)c1ccc(N=C2S[C@H](C(=O)Nc3ccc(OCC)cc3)CC(=O)N2CCc2ccc(OC)cc2)cc1. The molecule has 41 heavy (non-hydrogen) atoms. The van der Waals surface area contributed by atoms with Crippen LogP contribution < -0.4 is 14.8 Å². The summed E-state index contributed by atoms with van der Waals surface area (Å²) in [5.41, 5.74) is 2.61. The lowest BCUT2D eigenvalue weighted by Gasteiger charge is -2.32. The molecule has 1 heterocycles. The van der Waals surface area contributed by atoms with Crippen LogP contribution in [0.5, 0.6) is 11.5 Å². The summed E-state index contributed by atoms with van der Waals surface area (Å²) in [4.78, 5) is 45.0. The molecule has 0 unspecified atom stereocenters. The number of hydrogen-bond acceptors (Lipinski definition) is 8. The van der Waals surface area contributed by atoms with Crippen molar-refractivity contribution < 1.29 is 28.6 Å². The number of anilines is 1. The average molecular weight is 576 g/mol. The maximum atomic E-state index is 13.4. The molecule has 1 aliphatic heterocycles. The molecule has 1 N–H and O–H groups in total. The standard InChI is InChI=1S/C31H33N3O6S/c1-4-39-26-16-12-23(13-17-26)32-29(36)27-20-28(35)34(19-18-21-6-14-25(38-3)15-7-21)31(41-27)33-24-10-8-22(9-11-24)30(37)40-5-2/h6-17,27H,4-5,18-20H2,1-3H3,(H,32,36)/t27-/m0/s1. The Morgan fingerprint density at radius 2 is 1.63 bits per heavy atom. The van der Waals surface area contributed by atoms with Crippen LogP contribution in [0.25, 0.3) is 0 Å². The van der Waals surface area contributed by atoms with Gasteiger partial charge in [0.25, 0.3) is 0 Å². The highest BCUT2D eigenvalue weighted by atomic mass is 32.2. The Kier molecular flexibility index (Phi) is 10.4. The molecule has 9 nitrogen and oxygen atoms in total. The lowest BCUT2D eigenvalue weighted by molar-refractivity contribution is -0.129. The third-order valence-corrected chi connectivity index (χ3v) is 7.44. The van der Waals surface area contributed by atoms with E-state index in [0.717, 1.165) is 11.3 Å². The normalized spacial score (nSPS) is 15.9. The first kappa shape index (κ1) is 29.7. The van der Waals surface area contributed by atoms with E-state index in [0.29, 0.717) is 47.4 Å².